The Labute approximate surface area is 107 Å². The number of esters is 1. The molecule has 0 heterocycles. The molecule has 0 saturated carbocycles. The number of ether oxygens (including phenoxy) is 1. The Balaban J connectivity index is 3.20. The lowest BCUT2D eigenvalue weighted by atomic mass is 9.76. The second-order valence-electron chi connectivity index (χ2n) is 4.44. The summed E-state index contributed by atoms with van der Waals surface area (Å²) < 4.78 is 17.3. The number of benzene rings is 1. The third-order valence-electron chi connectivity index (χ3n) is 3.23. The zero-order valence-corrected chi connectivity index (χ0v) is 10.9. The van der Waals surface area contributed by atoms with Crippen molar-refractivity contribution in [3.8, 4) is 0 Å². The minimum atomic E-state index is -0.938. The summed E-state index contributed by atoms with van der Waals surface area (Å²) in [4.78, 5) is 12.1. The van der Waals surface area contributed by atoms with Crippen LogP contribution >= 0.6 is 0 Å². The molecule has 1 aromatic rings. The van der Waals surface area contributed by atoms with E-state index in [1.807, 2.05) is 31.2 Å². The Morgan fingerprint density at radius 2 is 2.22 bits per heavy atom. The van der Waals surface area contributed by atoms with E-state index in [2.05, 4.69) is 0 Å². The number of methoxy groups -OCH3 is 1. The van der Waals surface area contributed by atoms with Gasteiger partial charge in [0.05, 0.1) is 13.8 Å². The lowest BCUT2D eigenvalue weighted by Gasteiger charge is -2.30. The van der Waals surface area contributed by atoms with Gasteiger partial charge in [-0.15, -0.1) is 0 Å². The van der Waals surface area contributed by atoms with Crippen LogP contribution in [0.5, 0.6) is 0 Å². The average Bonchev–Trinajstić information content (AvgIpc) is 2.39. The van der Waals surface area contributed by atoms with Gasteiger partial charge in [0, 0.05) is 6.54 Å². The van der Waals surface area contributed by atoms with Gasteiger partial charge in [0.2, 0.25) is 0 Å². The second kappa shape index (κ2) is 6.50. The normalized spacial score (nSPS) is 14.0. The van der Waals surface area contributed by atoms with E-state index in [1.54, 1.807) is 0 Å². The van der Waals surface area contributed by atoms with Gasteiger partial charge >= 0.3 is 5.97 Å². The molecule has 100 valence electrons. The van der Waals surface area contributed by atoms with Crippen LogP contribution in [0.3, 0.4) is 0 Å². The maximum Gasteiger partial charge on any atom is 0.317 e. The number of hydrogen-bond donors (Lipinski definition) is 1. The van der Waals surface area contributed by atoms with Gasteiger partial charge in [0.25, 0.3) is 0 Å². The van der Waals surface area contributed by atoms with Crippen LogP contribution < -0.4 is 5.73 Å². The number of alkyl halides is 1. The highest BCUT2D eigenvalue weighted by molar-refractivity contribution is 5.83. The topological polar surface area (TPSA) is 52.3 Å². The number of rotatable bonds is 6. The van der Waals surface area contributed by atoms with Crippen molar-refractivity contribution in [3.05, 3.63) is 35.4 Å². The van der Waals surface area contributed by atoms with E-state index in [9.17, 15) is 9.18 Å². The van der Waals surface area contributed by atoms with Gasteiger partial charge in [0.1, 0.15) is 5.41 Å². The van der Waals surface area contributed by atoms with Gasteiger partial charge in [-0.3, -0.25) is 9.18 Å². The first-order valence-electron chi connectivity index (χ1n) is 6.02. The third-order valence-corrected chi connectivity index (χ3v) is 3.23. The Morgan fingerprint density at radius 1 is 1.50 bits per heavy atom. The van der Waals surface area contributed by atoms with E-state index in [0.29, 0.717) is 12.8 Å². The fourth-order valence-electron chi connectivity index (χ4n) is 2.17. The van der Waals surface area contributed by atoms with Gasteiger partial charge in [0.15, 0.2) is 0 Å². The Bertz CT molecular complexity index is 409. The minimum absolute atomic E-state index is 0.114. The maximum absolute atomic E-state index is 12.4. The molecule has 0 aliphatic heterocycles. The molecule has 1 rings (SSSR count). The number of nitrogens with two attached hydrogens (primary N) is 1. The molecular formula is C14H20FNO2. The van der Waals surface area contributed by atoms with E-state index in [4.69, 9.17) is 10.5 Å². The van der Waals surface area contributed by atoms with E-state index in [0.717, 1.165) is 11.1 Å². The molecule has 0 aliphatic carbocycles. The lowest BCUT2D eigenvalue weighted by molar-refractivity contribution is -0.147. The fraction of sp³-hybridized carbons (Fsp3) is 0.500. The molecule has 4 heteroatoms. The first-order chi connectivity index (χ1) is 8.60. The van der Waals surface area contributed by atoms with Crippen molar-refractivity contribution >= 4 is 5.97 Å². The third kappa shape index (κ3) is 2.88. The summed E-state index contributed by atoms with van der Waals surface area (Å²) in [5, 5.41) is 0. The predicted octanol–water partition coefficient (Wildman–Crippen LogP) is 2.11. The van der Waals surface area contributed by atoms with Crippen LogP contribution in [-0.2, 0) is 14.9 Å². The Morgan fingerprint density at radius 3 is 2.72 bits per heavy atom. The van der Waals surface area contributed by atoms with E-state index < -0.39 is 18.1 Å². The SMILES string of the molecule is COC(=O)C(CN)(CCCF)c1cccc(C)c1. The van der Waals surface area contributed by atoms with Crippen LogP contribution in [0, 0.1) is 6.92 Å². The van der Waals surface area contributed by atoms with Crippen LogP contribution in [0.1, 0.15) is 24.0 Å². The fourth-order valence-corrected chi connectivity index (χ4v) is 2.17. The molecule has 0 spiro atoms. The zero-order chi connectivity index (χ0) is 13.6. The van der Waals surface area contributed by atoms with Crippen LogP contribution in [-0.4, -0.2) is 26.3 Å². The largest absolute Gasteiger partial charge is 0.468 e. The first kappa shape index (κ1) is 14.6. The molecule has 2 N–H and O–H groups in total. The van der Waals surface area contributed by atoms with Crippen molar-refractivity contribution in [2.75, 3.05) is 20.3 Å². The number of carbonyl (C=O) groups is 1. The molecule has 1 unspecified atom stereocenters. The van der Waals surface area contributed by atoms with Crippen LogP contribution in [0.25, 0.3) is 0 Å². The van der Waals surface area contributed by atoms with Gasteiger partial charge in [-0.2, -0.15) is 0 Å². The molecule has 0 fully saturated rings. The van der Waals surface area contributed by atoms with E-state index in [1.165, 1.54) is 7.11 Å². The van der Waals surface area contributed by atoms with Crippen molar-refractivity contribution in [3.63, 3.8) is 0 Å². The molecule has 0 aromatic heterocycles. The van der Waals surface area contributed by atoms with E-state index >= 15 is 0 Å². The lowest BCUT2D eigenvalue weighted by Crippen LogP contribution is -2.44. The van der Waals surface area contributed by atoms with Gasteiger partial charge in [-0.25, -0.2) is 0 Å². The number of halogens is 1. The summed E-state index contributed by atoms with van der Waals surface area (Å²) in [5.41, 5.74) is 6.68. The second-order valence-corrected chi connectivity index (χ2v) is 4.44. The average molecular weight is 253 g/mol. The highest BCUT2D eigenvalue weighted by Crippen LogP contribution is 2.30. The summed E-state index contributed by atoms with van der Waals surface area (Å²) in [6, 6.07) is 7.56. The van der Waals surface area contributed by atoms with Crippen LogP contribution in [0.2, 0.25) is 0 Å². The summed E-state index contributed by atoms with van der Waals surface area (Å²) in [7, 11) is 1.33. The Hall–Kier alpha value is -1.42. The summed E-state index contributed by atoms with van der Waals surface area (Å²) in [6.07, 6.45) is 0.649. The summed E-state index contributed by atoms with van der Waals surface area (Å²) >= 11 is 0. The molecule has 0 saturated heterocycles. The molecule has 1 atom stereocenters. The molecule has 1 aromatic carbocycles. The number of hydrogen-bond acceptors (Lipinski definition) is 3. The summed E-state index contributed by atoms with van der Waals surface area (Å²) in [6.45, 7) is 1.59. The molecule has 0 aliphatic rings. The number of aryl methyl sites for hydroxylation is 1. The van der Waals surface area contributed by atoms with Crippen LogP contribution in [0.4, 0.5) is 4.39 Å². The molecule has 3 nitrogen and oxygen atoms in total. The van der Waals surface area contributed by atoms with Gasteiger partial charge in [-0.05, 0) is 25.3 Å². The quantitative estimate of drug-likeness (QED) is 0.790. The monoisotopic (exact) mass is 253 g/mol. The molecule has 0 radical (unpaired) electrons. The maximum atomic E-state index is 12.4. The minimum Gasteiger partial charge on any atom is -0.468 e. The van der Waals surface area contributed by atoms with Crippen molar-refractivity contribution in [1.82, 2.24) is 0 Å². The molecule has 0 amide bonds. The van der Waals surface area contributed by atoms with Crippen molar-refractivity contribution in [1.29, 1.82) is 0 Å². The number of carbonyl (C=O) groups excluding carboxylic acids is 1. The van der Waals surface area contributed by atoms with Crippen molar-refractivity contribution < 1.29 is 13.9 Å². The standard InChI is InChI=1S/C14H20FNO2/c1-11-5-3-6-12(9-11)14(10-16,7-4-8-15)13(17)18-2/h3,5-6,9H,4,7-8,10,16H2,1-2H3. The first-order valence-corrected chi connectivity index (χ1v) is 6.02. The van der Waals surface area contributed by atoms with Gasteiger partial charge in [-0.1, -0.05) is 29.8 Å². The highest BCUT2D eigenvalue weighted by Gasteiger charge is 2.39. The van der Waals surface area contributed by atoms with Gasteiger partial charge < -0.3 is 10.5 Å². The summed E-state index contributed by atoms with van der Waals surface area (Å²) in [5.74, 6) is -0.399. The molecule has 0 bridgehead atoms. The smallest absolute Gasteiger partial charge is 0.317 e. The predicted molar refractivity (Wildman–Crippen MR) is 69.1 cm³/mol. The zero-order valence-electron chi connectivity index (χ0n) is 10.9. The Kier molecular flexibility index (Phi) is 5.28. The van der Waals surface area contributed by atoms with Crippen LogP contribution in [0.15, 0.2) is 24.3 Å². The highest BCUT2D eigenvalue weighted by atomic mass is 19.1. The molecule has 18 heavy (non-hydrogen) atoms. The van der Waals surface area contributed by atoms with Crippen molar-refractivity contribution in [2.45, 2.75) is 25.2 Å². The molecular weight excluding hydrogens is 233 g/mol. The van der Waals surface area contributed by atoms with E-state index in [-0.39, 0.29) is 6.54 Å². The van der Waals surface area contributed by atoms with Crippen molar-refractivity contribution in [2.24, 2.45) is 5.73 Å².